The molecule has 4 rings (SSSR count). The highest BCUT2D eigenvalue weighted by molar-refractivity contribution is 8.00. The van der Waals surface area contributed by atoms with E-state index in [9.17, 15) is 14.4 Å². The molecular formula is C33H31N3O4S. The number of ether oxygens (including phenoxy) is 1. The van der Waals surface area contributed by atoms with Crippen LogP contribution in [0.3, 0.4) is 0 Å². The molecule has 0 radical (unpaired) electrons. The van der Waals surface area contributed by atoms with Crippen LogP contribution in [0.5, 0.6) is 5.75 Å². The summed E-state index contributed by atoms with van der Waals surface area (Å²) in [5, 5.41) is 8.17. The van der Waals surface area contributed by atoms with E-state index in [4.69, 9.17) is 4.74 Å². The third-order valence-electron chi connectivity index (χ3n) is 6.17. The first-order valence-corrected chi connectivity index (χ1v) is 13.9. The van der Waals surface area contributed by atoms with Gasteiger partial charge in [0.05, 0.1) is 12.4 Å². The maximum atomic E-state index is 13.3. The van der Waals surface area contributed by atoms with Gasteiger partial charge in [0.2, 0.25) is 5.91 Å². The number of thioether (sulfide) groups is 1. The topological polar surface area (TPSA) is 96.5 Å². The molecule has 7 nitrogen and oxygen atoms in total. The van der Waals surface area contributed by atoms with Crippen LogP contribution < -0.4 is 20.7 Å². The number of benzene rings is 4. The fourth-order valence-corrected chi connectivity index (χ4v) is 4.71. The molecule has 208 valence electrons. The summed E-state index contributed by atoms with van der Waals surface area (Å²) in [6.07, 6.45) is 1.67. The third-order valence-corrected chi connectivity index (χ3v) is 7.28. The van der Waals surface area contributed by atoms with Gasteiger partial charge in [0, 0.05) is 21.8 Å². The van der Waals surface area contributed by atoms with Crippen molar-refractivity contribution >= 4 is 46.9 Å². The second kappa shape index (κ2) is 14.0. The zero-order chi connectivity index (χ0) is 29.2. The third kappa shape index (κ3) is 8.33. The Labute approximate surface area is 244 Å². The molecule has 0 saturated heterocycles. The monoisotopic (exact) mass is 565 g/mol. The highest BCUT2D eigenvalue weighted by atomic mass is 32.2. The summed E-state index contributed by atoms with van der Waals surface area (Å²) in [7, 11) is 1.59. The molecule has 0 saturated carbocycles. The fraction of sp³-hybridized carbons (Fsp3) is 0.121. The van der Waals surface area contributed by atoms with Gasteiger partial charge in [-0.1, -0.05) is 42.5 Å². The second-order valence-corrected chi connectivity index (χ2v) is 10.6. The van der Waals surface area contributed by atoms with Gasteiger partial charge in [0.25, 0.3) is 11.8 Å². The Bertz CT molecular complexity index is 1540. The molecule has 4 aromatic rings. The Balaban J connectivity index is 1.42. The highest BCUT2D eigenvalue weighted by Crippen LogP contribution is 2.26. The molecule has 3 amide bonds. The summed E-state index contributed by atoms with van der Waals surface area (Å²) in [6.45, 7) is 3.77. The molecule has 0 aromatic heterocycles. The van der Waals surface area contributed by atoms with Gasteiger partial charge in [-0.15, -0.1) is 11.8 Å². The number of amides is 3. The number of carbonyl (C=O) groups is 3. The zero-order valence-corrected chi connectivity index (χ0v) is 23.8. The zero-order valence-electron chi connectivity index (χ0n) is 23.0. The van der Waals surface area contributed by atoms with Gasteiger partial charge in [-0.05, 0) is 91.7 Å². The van der Waals surface area contributed by atoms with Gasteiger partial charge >= 0.3 is 0 Å². The average Bonchev–Trinajstić information content (AvgIpc) is 2.99. The minimum Gasteiger partial charge on any atom is -0.497 e. The summed E-state index contributed by atoms with van der Waals surface area (Å²) in [5.74, 6) is -0.244. The summed E-state index contributed by atoms with van der Waals surface area (Å²) >= 11 is 1.40. The Hall–Kier alpha value is -4.82. The molecule has 1 atom stereocenters. The van der Waals surface area contributed by atoms with Crippen molar-refractivity contribution in [3.05, 3.63) is 126 Å². The van der Waals surface area contributed by atoms with Crippen molar-refractivity contribution < 1.29 is 19.1 Å². The Morgan fingerprint density at radius 1 is 0.780 bits per heavy atom. The summed E-state index contributed by atoms with van der Waals surface area (Å²) in [6, 6.07) is 30.7. The first kappa shape index (κ1) is 29.2. The van der Waals surface area contributed by atoms with Gasteiger partial charge < -0.3 is 20.7 Å². The van der Waals surface area contributed by atoms with E-state index in [0.717, 1.165) is 16.0 Å². The van der Waals surface area contributed by atoms with Crippen LogP contribution in [0, 0.1) is 6.92 Å². The molecule has 0 aliphatic carbocycles. The van der Waals surface area contributed by atoms with Crippen molar-refractivity contribution in [2.75, 3.05) is 17.7 Å². The van der Waals surface area contributed by atoms with Crippen LogP contribution >= 0.6 is 11.8 Å². The predicted octanol–water partition coefficient (Wildman–Crippen LogP) is 6.53. The van der Waals surface area contributed by atoms with Crippen molar-refractivity contribution in [1.82, 2.24) is 5.32 Å². The summed E-state index contributed by atoms with van der Waals surface area (Å²) in [4.78, 5) is 39.7. The Morgan fingerprint density at radius 3 is 2.05 bits per heavy atom. The quantitative estimate of drug-likeness (QED) is 0.150. The van der Waals surface area contributed by atoms with Crippen molar-refractivity contribution in [1.29, 1.82) is 0 Å². The number of hydrogen-bond donors (Lipinski definition) is 3. The molecule has 1 unspecified atom stereocenters. The molecule has 0 bridgehead atoms. The summed E-state index contributed by atoms with van der Waals surface area (Å²) < 4.78 is 5.15. The predicted molar refractivity (Wildman–Crippen MR) is 165 cm³/mol. The number of carbonyl (C=O) groups excluding carboxylic acids is 3. The standard InChI is InChI=1S/C33H31N3O4S/c1-22-9-7-8-12-25(22)21-30(36-32(38)24-10-5-4-6-11-24)33(39)35-27-15-19-29(20-16-27)41-23(2)31(37)34-26-13-17-28(40-3)18-14-26/h4-21,23H,1-3H3,(H,34,37)(H,35,39)(H,36,38)/b30-21-. The van der Waals surface area contributed by atoms with Crippen LogP contribution in [0.25, 0.3) is 6.08 Å². The van der Waals surface area contributed by atoms with Gasteiger partial charge in [-0.3, -0.25) is 14.4 Å². The van der Waals surface area contributed by atoms with E-state index in [1.165, 1.54) is 11.8 Å². The number of nitrogens with one attached hydrogen (secondary N) is 3. The molecule has 0 spiro atoms. The molecule has 0 aliphatic rings. The lowest BCUT2D eigenvalue weighted by molar-refractivity contribution is -0.115. The largest absolute Gasteiger partial charge is 0.497 e. The van der Waals surface area contributed by atoms with E-state index in [-0.39, 0.29) is 22.8 Å². The van der Waals surface area contributed by atoms with Gasteiger partial charge in [0.1, 0.15) is 11.4 Å². The van der Waals surface area contributed by atoms with E-state index in [0.29, 0.717) is 22.7 Å². The van der Waals surface area contributed by atoms with E-state index in [2.05, 4.69) is 16.0 Å². The molecule has 0 aliphatic heterocycles. The Morgan fingerprint density at radius 2 is 1.39 bits per heavy atom. The molecular weight excluding hydrogens is 534 g/mol. The number of anilines is 2. The van der Waals surface area contributed by atoms with Crippen molar-refractivity contribution in [3.8, 4) is 5.75 Å². The van der Waals surface area contributed by atoms with Gasteiger partial charge in [-0.25, -0.2) is 0 Å². The molecule has 0 fully saturated rings. The van der Waals surface area contributed by atoms with Crippen LogP contribution in [-0.4, -0.2) is 30.1 Å². The summed E-state index contributed by atoms with van der Waals surface area (Å²) in [5.41, 5.74) is 3.60. The normalized spacial score (nSPS) is 11.7. The van der Waals surface area contributed by atoms with Crippen LogP contribution in [0.1, 0.15) is 28.4 Å². The van der Waals surface area contributed by atoms with E-state index in [1.807, 2.05) is 56.3 Å². The van der Waals surface area contributed by atoms with E-state index < -0.39 is 5.91 Å². The van der Waals surface area contributed by atoms with E-state index in [1.54, 1.807) is 73.8 Å². The smallest absolute Gasteiger partial charge is 0.272 e. The van der Waals surface area contributed by atoms with Gasteiger partial charge in [-0.2, -0.15) is 0 Å². The lowest BCUT2D eigenvalue weighted by Crippen LogP contribution is -2.30. The molecule has 3 N–H and O–H groups in total. The first-order chi connectivity index (χ1) is 19.8. The molecule has 4 aromatic carbocycles. The fourth-order valence-electron chi connectivity index (χ4n) is 3.84. The van der Waals surface area contributed by atoms with Crippen LogP contribution in [0.15, 0.2) is 114 Å². The minimum atomic E-state index is -0.454. The highest BCUT2D eigenvalue weighted by Gasteiger charge is 2.17. The van der Waals surface area contributed by atoms with Crippen molar-refractivity contribution in [2.24, 2.45) is 0 Å². The number of rotatable bonds is 10. The SMILES string of the molecule is COc1ccc(NC(=O)C(C)Sc2ccc(NC(=O)/C(=C/c3ccccc3C)NC(=O)c3ccccc3)cc2)cc1. The maximum absolute atomic E-state index is 13.3. The van der Waals surface area contributed by atoms with Crippen molar-refractivity contribution in [3.63, 3.8) is 0 Å². The van der Waals surface area contributed by atoms with Crippen LogP contribution in [0.2, 0.25) is 0 Å². The number of methoxy groups -OCH3 is 1. The second-order valence-electron chi connectivity index (χ2n) is 9.19. The van der Waals surface area contributed by atoms with Crippen molar-refractivity contribution in [2.45, 2.75) is 24.0 Å². The molecule has 0 heterocycles. The first-order valence-electron chi connectivity index (χ1n) is 13.0. The lowest BCUT2D eigenvalue weighted by Gasteiger charge is -2.14. The number of hydrogen-bond acceptors (Lipinski definition) is 5. The van der Waals surface area contributed by atoms with Gasteiger partial charge in [0.15, 0.2) is 0 Å². The average molecular weight is 566 g/mol. The minimum absolute atomic E-state index is 0.121. The van der Waals surface area contributed by atoms with Crippen LogP contribution in [-0.2, 0) is 9.59 Å². The molecule has 41 heavy (non-hydrogen) atoms. The lowest BCUT2D eigenvalue weighted by atomic mass is 10.1. The van der Waals surface area contributed by atoms with E-state index >= 15 is 0 Å². The van der Waals surface area contributed by atoms with Crippen LogP contribution in [0.4, 0.5) is 11.4 Å². The maximum Gasteiger partial charge on any atom is 0.272 e. The molecule has 8 heteroatoms. The number of aryl methyl sites for hydroxylation is 1. The Kier molecular flexibility index (Phi) is 9.96.